The molecule has 0 saturated heterocycles. The summed E-state index contributed by atoms with van der Waals surface area (Å²) in [5, 5.41) is 8.36. The molecule has 0 aliphatic carbocycles. The third kappa shape index (κ3) is 5.64. The van der Waals surface area contributed by atoms with Crippen LogP contribution in [0.2, 0.25) is 0 Å². The van der Waals surface area contributed by atoms with Crippen LogP contribution in [0.4, 0.5) is 0 Å². The molecule has 1 N–H and O–H groups in total. The SMILES string of the molecule is C=CC(C)(C)CCCC(=O)O. The number of aliphatic carboxylic acids is 1. The highest BCUT2D eigenvalue weighted by molar-refractivity contribution is 5.66. The molecule has 0 bridgehead atoms. The van der Waals surface area contributed by atoms with Crippen LogP contribution in [-0.2, 0) is 4.79 Å². The lowest BCUT2D eigenvalue weighted by Gasteiger charge is -2.18. The number of rotatable bonds is 5. The molecule has 64 valence electrons. The summed E-state index contributed by atoms with van der Waals surface area (Å²) in [6, 6.07) is 0. The highest BCUT2D eigenvalue weighted by atomic mass is 16.4. The molecular weight excluding hydrogens is 140 g/mol. The molecule has 2 nitrogen and oxygen atoms in total. The maximum absolute atomic E-state index is 10.1. The summed E-state index contributed by atoms with van der Waals surface area (Å²) in [4.78, 5) is 10.1. The summed E-state index contributed by atoms with van der Waals surface area (Å²) < 4.78 is 0. The molecule has 0 aliphatic rings. The van der Waals surface area contributed by atoms with Crippen LogP contribution >= 0.6 is 0 Å². The van der Waals surface area contributed by atoms with Gasteiger partial charge in [0.25, 0.3) is 0 Å². The Morgan fingerprint density at radius 2 is 2.18 bits per heavy atom. The van der Waals surface area contributed by atoms with E-state index in [2.05, 4.69) is 20.4 Å². The van der Waals surface area contributed by atoms with Gasteiger partial charge in [0.1, 0.15) is 0 Å². The second-order valence-electron chi connectivity index (χ2n) is 3.44. The number of carboxylic acid groups (broad SMARTS) is 1. The minimum atomic E-state index is -0.718. The average molecular weight is 156 g/mol. The van der Waals surface area contributed by atoms with E-state index in [0.717, 1.165) is 12.8 Å². The molecule has 11 heavy (non-hydrogen) atoms. The van der Waals surface area contributed by atoms with E-state index in [-0.39, 0.29) is 11.8 Å². The maximum atomic E-state index is 10.1. The molecule has 0 aromatic rings. The molecule has 0 radical (unpaired) electrons. The van der Waals surface area contributed by atoms with Crippen molar-refractivity contribution >= 4 is 5.97 Å². The Kier molecular flexibility index (Phi) is 3.86. The maximum Gasteiger partial charge on any atom is 0.303 e. The molecule has 0 fully saturated rings. The van der Waals surface area contributed by atoms with Gasteiger partial charge in [-0.15, -0.1) is 6.58 Å². The van der Waals surface area contributed by atoms with Crippen molar-refractivity contribution in [3.8, 4) is 0 Å². The Morgan fingerprint density at radius 1 is 1.64 bits per heavy atom. The van der Waals surface area contributed by atoms with Gasteiger partial charge < -0.3 is 5.11 Å². The van der Waals surface area contributed by atoms with Crippen molar-refractivity contribution in [1.82, 2.24) is 0 Å². The van der Waals surface area contributed by atoms with Gasteiger partial charge in [-0.25, -0.2) is 0 Å². The lowest BCUT2D eigenvalue weighted by molar-refractivity contribution is -0.137. The second-order valence-corrected chi connectivity index (χ2v) is 3.44. The zero-order valence-electron chi connectivity index (χ0n) is 7.26. The second kappa shape index (κ2) is 4.16. The third-order valence-corrected chi connectivity index (χ3v) is 1.76. The first-order valence-corrected chi connectivity index (χ1v) is 3.83. The predicted octanol–water partition coefficient (Wildman–Crippen LogP) is 2.45. The number of hydrogen-bond acceptors (Lipinski definition) is 1. The van der Waals surface area contributed by atoms with Gasteiger partial charge in [0, 0.05) is 6.42 Å². The monoisotopic (exact) mass is 156 g/mol. The predicted molar refractivity (Wildman–Crippen MR) is 45.5 cm³/mol. The molecule has 0 atom stereocenters. The van der Waals surface area contributed by atoms with Gasteiger partial charge in [-0.1, -0.05) is 19.9 Å². The van der Waals surface area contributed by atoms with Gasteiger partial charge in [-0.2, -0.15) is 0 Å². The smallest absolute Gasteiger partial charge is 0.303 e. The van der Waals surface area contributed by atoms with Crippen LogP contribution in [0.15, 0.2) is 12.7 Å². The fourth-order valence-corrected chi connectivity index (χ4v) is 0.797. The zero-order valence-corrected chi connectivity index (χ0v) is 7.26. The fourth-order valence-electron chi connectivity index (χ4n) is 0.797. The van der Waals surface area contributed by atoms with Crippen molar-refractivity contribution in [2.45, 2.75) is 33.1 Å². The van der Waals surface area contributed by atoms with Gasteiger partial charge in [0.15, 0.2) is 0 Å². The standard InChI is InChI=1S/C9H16O2/c1-4-9(2,3)7-5-6-8(10)11/h4H,1,5-7H2,2-3H3,(H,10,11). The van der Waals surface area contributed by atoms with Crippen molar-refractivity contribution in [2.75, 3.05) is 0 Å². The summed E-state index contributed by atoms with van der Waals surface area (Å²) >= 11 is 0. The molecule has 0 aromatic carbocycles. The van der Waals surface area contributed by atoms with Gasteiger partial charge >= 0.3 is 5.97 Å². The van der Waals surface area contributed by atoms with Crippen LogP contribution in [0.25, 0.3) is 0 Å². The highest BCUT2D eigenvalue weighted by Gasteiger charge is 2.12. The number of allylic oxidation sites excluding steroid dienone is 1. The largest absolute Gasteiger partial charge is 0.481 e. The first kappa shape index (κ1) is 10.2. The number of carboxylic acids is 1. The van der Waals surface area contributed by atoms with Crippen molar-refractivity contribution in [3.05, 3.63) is 12.7 Å². The van der Waals surface area contributed by atoms with Gasteiger partial charge in [0.2, 0.25) is 0 Å². The highest BCUT2D eigenvalue weighted by Crippen LogP contribution is 2.23. The molecule has 0 spiro atoms. The van der Waals surface area contributed by atoms with E-state index in [1.165, 1.54) is 0 Å². The van der Waals surface area contributed by atoms with Crippen LogP contribution in [0.5, 0.6) is 0 Å². The van der Waals surface area contributed by atoms with E-state index in [9.17, 15) is 4.79 Å². The van der Waals surface area contributed by atoms with Crippen molar-refractivity contribution in [1.29, 1.82) is 0 Å². The molecule has 0 aliphatic heterocycles. The summed E-state index contributed by atoms with van der Waals surface area (Å²) in [7, 11) is 0. The lowest BCUT2D eigenvalue weighted by Crippen LogP contribution is -2.07. The summed E-state index contributed by atoms with van der Waals surface area (Å²) in [6.07, 6.45) is 3.75. The van der Waals surface area contributed by atoms with Gasteiger partial charge in [-0.3, -0.25) is 4.79 Å². The van der Waals surface area contributed by atoms with E-state index in [0.29, 0.717) is 0 Å². The summed E-state index contributed by atoms with van der Waals surface area (Å²) in [6.45, 7) is 7.80. The fraction of sp³-hybridized carbons (Fsp3) is 0.667. The molecule has 0 aromatic heterocycles. The Labute approximate surface area is 67.9 Å². The van der Waals surface area contributed by atoms with Gasteiger partial charge in [-0.05, 0) is 18.3 Å². The van der Waals surface area contributed by atoms with Crippen molar-refractivity contribution in [3.63, 3.8) is 0 Å². The van der Waals surface area contributed by atoms with Crippen LogP contribution < -0.4 is 0 Å². The van der Waals surface area contributed by atoms with Crippen molar-refractivity contribution in [2.24, 2.45) is 5.41 Å². The summed E-state index contributed by atoms with van der Waals surface area (Å²) in [5.41, 5.74) is 0.0788. The van der Waals surface area contributed by atoms with E-state index >= 15 is 0 Å². The van der Waals surface area contributed by atoms with E-state index in [1.54, 1.807) is 0 Å². The Hall–Kier alpha value is -0.790. The number of carbonyl (C=O) groups is 1. The molecule has 2 heteroatoms. The van der Waals surface area contributed by atoms with Gasteiger partial charge in [0.05, 0.1) is 0 Å². The minimum absolute atomic E-state index is 0.0788. The van der Waals surface area contributed by atoms with Crippen LogP contribution in [0, 0.1) is 5.41 Å². The molecule has 0 heterocycles. The number of hydrogen-bond donors (Lipinski definition) is 1. The Bertz CT molecular complexity index is 148. The van der Waals surface area contributed by atoms with E-state index in [4.69, 9.17) is 5.11 Å². The normalized spacial score (nSPS) is 11.1. The minimum Gasteiger partial charge on any atom is -0.481 e. The lowest BCUT2D eigenvalue weighted by atomic mass is 9.87. The topological polar surface area (TPSA) is 37.3 Å². The molecule has 0 amide bonds. The first-order chi connectivity index (χ1) is 4.98. The zero-order chi connectivity index (χ0) is 8.91. The molecule has 0 saturated carbocycles. The van der Waals surface area contributed by atoms with Crippen molar-refractivity contribution < 1.29 is 9.90 Å². The summed E-state index contributed by atoms with van der Waals surface area (Å²) in [5.74, 6) is -0.718. The third-order valence-electron chi connectivity index (χ3n) is 1.76. The Morgan fingerprint density at radius 3 is 2.55 bits per heavy atom. The van der Waals surface area contributed by atoms with E-state index in [1.807, 2.05) is 6.08 Å². The van der Waals surface area contributed by atoms with Crippen LogP contribution in [0.3, 0.4) is 0 Å². The average Bonchev–Trinajstić information content (AvgIpc) is 1.87. The van der Waals surface area contributed by atoms with E-state index < -0.39 is 5.97 Å². The quantitative estimate of drug-likeness (QED) is 0.621. The molecule has 0 unspecified atom stereocenters. The van der Waals surface area contributed by atoms with Crippen LogP contribution in [0.1, 0.15) is 33.1 Å². The Balaban J connectivity index is 3.53. The first-order valence-electron chi connectivity index (χ1n) is 3.83. The van der Waals surface area contributed by atoms with Crippen LogP contribution in [-0.4, -0.2) is 11.1 Å². The molecular formula is C9H16O2. The molecule has 0 rings (SSSR count).